The molecule has 0 spiro atoms. The van der Waals surface area contributed by atoms with Gasteiger partial charge in [0.25, 0.3) is 0 Å². The fourth-order valence-electron chi connectivity index (χ4n) is 0.976. The van der Waals surface area contributed by atoms with Crippen LogP contribution in [0.3, 0.4) is 0 Å². The van der Waals surface area contributed by atoms with Crippen molar-refractivity contribution in [3.63, 3.8) is 0 Å². The molecule has 0 aromatic carbocycles. The van der Waals surface area contributed by atoms with Crippen molar-refractivity contribution >= 4 is 0 Å². The van der Waals surface area contributed by atoms with Crippen LogP contribution in [0.4, 0.5) is 0 Å². The summed E-state index contributed by atoms with van der Waals surface area (Å²) in [5.74, 6) is 5.56. The predicted molar refractivity (Wildman–Crippen MR) is 41.7 cm³/mol. The molecule has 0 fully saturated rings. The summed E-state index contributed by atoms with van der Waals surface area (Å²) in [4.78, 5) is 0. The van der Waals surface area contributed by atoms with Gasteiger partial charge in [-0.25, -0.2) is 11.0 Å². The summed E-state index contributed by atoms with van der Waals surface area (Å²) in [6.07, 6.45) is 1.70. The standard InChI is InChI=1S/C6H14N4O/c1-11-3-2-9-4-6(7)5-10(9)8/h5H,2-4,7-8H2,1H3. The smallest absolute Gasteiger partial charge is 0.0608 e. The quantitative estimate of drug-likeness (QED) is 0.507. The molecule has 0 aromatic heterocycles. The zero-order valence-corrected chi connectivity index (χ0v) is 6.66. The van der Waals surface area contributed by atoms with Gasteiger partial charge in [0.1, 0.15) is 0 Å². The molecule has 0 amide bonds. The molecule has 1 heterocycles. The van der Waals surface area contributed by atoms with Gasteiger partial charge < -0.3 is 10.5 Å². The van der Waals surface area contributed by atoms with Gasteiger partial charge in [-0.05, 0) is 0 Å². The van der Waals surface area contributed by atoms with Gasteiger partial charge in [0.05, 0.1) is 19.4 Å². The first-order valence-electron chi connectivity index (χ1n) is 3.48. The van der Waals surface area contributed by atoms with E-state index in [1.165, 1.54) is 5.12 Å². The second kappa shape index (κ2) is 3.56. The summed E-state index contributed by atoms with van der Waals surface area (Å²) in [5, 5.41) is 3.40. The minimum absolute atomic E-state index is 0.662. The maximum atomic E-state index is 5.56. The Morgan fingerprint density at radius 1 is 1.73 bits per heavy atom. The number of nitrogens with zero attached hydrogens (tertiary/aromatic N) is 2. The zero-order chi connectivity index (χ0) is 8.27. The van der Waals surface area contributed by atoms with E-state index in [-0.39, 0.29) is 0 Å². The van der Waals surface area contributed by atoms with E-state index in [9.17, 15) is 0 Å². The highest BCUT2D eigenvalue weighted by molar-refractivity contribution is 5.02. The zero-order valence-electron chi connectivity index (χ0n) is 6.66. The van der Waals surface area contributed by atoms with Gasteiger partial charge >= 0.3 is 0 Å². The van der Waals surface area contributed by atoms with E-state index in [2.05, 4.69) is 0 Å². The molecule has 0 aromatic rings. The Hall–Kier alpha value is -0.780. The molecule has 0 radical (unpaired) electrons. The summed E-state index contributed by atoms with van der Waals surface area (Å²) in [6.45, 7) is 2.12. The minimum atomic E-state index is 0.662. The van der Waals surface area contributed by atoms with Crippen molar-refractivity contribution in [2.24, 2.45) is 11.6 Å². The molecule has 0 saturated heterocycles. The lowest BCUT2D eigenvalue weighted by Crippen LogP contribution is -2.42. The fraction of sp³-hybridized carbons (Fsp3) is 0.667. The Morgan fingerprint density at radius 2 is 2.45 bits per heavy atom. The second-order valence-electron chi connectivity index (χ2n) is 2.46. The molecule has 5 nitrogen and oxygen atoms in total. The van der Waals surface area contributed by atoms with E-state index in [1.807, 2.05) is 5.01 Å². The number of ether oxygens (including phenoxy) is 1. The fourth-order valence-corrected chi connectivity index (χ4v) is 0.976. The molecule has 0 bridgehead atoms. The van der Waals surface area contributed by atoms with Crippen molar-refractivity contribution in [1.29, 1.82) is 0 Å². The Bertz CT molecular complexity index is 159. The van der Waals surface area contributed by atoms with Crippen LogP contribution in [-0.2, 0) is 4.74 Å². The third-order valence-corrected chi connectivity index (χ3v) is 1.54. The van der Waals surface area contributed by atoms with Crippen molar-refractivity contribution in [3.05, 3.63) is 11.9 Å². The van der Waals surface area contributed by atoms with Crippen molar-refractivity contribution in [2.75, 3.05) is 26.8 Å². The molecular formula is C6H14N4O. The number of rotatable bonds is 3. The molecule has 5 heteroatoms. The Kier molecular flexibility index (Phi) is 2.70. The molecule has 1 aliphatic heterocycles. The highest BCUT2D eigenvalue weighted by Gasteiger charge is 2.16. The lowest BCUT2D eigenvalue weighted by atomic mass is 10.5. The molecule has 0 unspecified atom stereocenters. The van der Waals surface area contributed by atoms with Crippen LogP contribution in [0.5, 0.6) is 0 Å². The van der Waals surface area contributed by atoms with Crippen LogP contribution in [0.2, 0.25) is 0 Å². The van der Waals surface area contributed by atoms with E-state index < -0.39 is 0 Å². The first-order valence-corrected chi connectivity index (χ1v) is 3.48. The van der Waals surface area contributed by atoms with E-state index in [1.54, 1.807) is 13.3 Å². The van der Waals surface area contributed by atoms with Gasteiger partial charge in [-0.15, -0.1) is 0 Å². The third kappa shape index (κ3) is 2.07. The molecule has 0 saturated carbocycles. The van der Waals surface area contributed by atoms with Gasteiger partial charge in [-0.2, -0.15) is 5.01 Å². The van der Waals surface area contributed by atoms with E-state index in [4.69, 9.17) is 16.3 Å². The maximum Gasteiger partial charge on any atom is 0.0608 e. The summed E-state index contributed by atoms with van der Waals surface area (Å²) in [7, 11) is 1.66. The first-order chi connectivity index (χ1) is 5.24. The SMILES string of the molecule is COCCN1CC(N)=CN1N. The molecule has 1 aliphatic rings. The topological polar surface area (TPSA) is 67.8 Å². The van der Waals surface area contributed by atoms with Crippen LogP contribution in [0, 0.1) is 0 Å². The van der Waals surface area contributed by atoms with E-state index in [0.29, 0.717) is 13.2 Å². The number of hydrogen-bond donors (Lipinski definition) is 2. The van der Waals surface area contributed by atoms with E-state index >= 15 is 0 Å². The van der Waals surface area contributed by atoms with Gasteiger partial charge in [0, 0.05) is 19.4 Å². The summed E-state index contributed by atoms with van der Waals surface area (Å²) >= 11 is 0. The Morgan fingerprint density at radius 3 is 2.91 bits per heavy atom. The van der Waals surface area contributed by atoms with Crippen LogP contribution < -0.4 is 11.6 Å². The number of nitrogens with two attached hydrogens (primary N) is 2. The van der Waals surface area contributed by atoms with E-state index in [0.717, 1.165) is 12.2 Å². The Labute approximate surface area is 66.1 Å². The number of methoxy groups -OCH3 is 1. The highest BCUT2D eigenvalue weighted by Crippen LogP contribution is 2.05. The summed E-state index contributed by atoms with van der Waals surface area (Å²) in [5.41, 5.74) is 6.33. The average Bonchev–Trinajstić information content (AvgIpc) is 2.26. The Balaban J connectivity index is 2.28. The molecule has 4 N–H and O–H groups in total. The maximum absolute atomic E-state index is 5.56. The first kappa shape index (κ1) is 8.32. The number of hydrazine groups is 2. The summed E-state index contributed by atoms with van der Waals surface area (Å²) < 4.78 is 4.90. The molecule has 1 rings (SSSR count). The normalized spacial score (nSPS) is 19.1. The molecule has 11 heavy (non-hydrogen) atoms. The third-order valence-electron chi connectivity index (χ3n) is 1.54. The highest BCUT2D eigenvalue weighted by atomic mass is 16.5. The average molecular weight is 158 g/mol. The molecule has 0 aliphatic carbocycles. The van der Waals surface area contributed by atoms with Crippen LogP contribution in [-0.4, -0.2) is 36.9 Å². The van der Waals surface area contributed by atoms with Crippen molar-refractivity contribution in [3.8, 4) is 0 Å². The van der Waals surface area contributed by atoms with Crippen LogP contribution in [0.25, 0.3) is 0 Å². The molecule has 64 valence electrons. The van der Waals surface area contributed by atoms with Gasteiger partial charge in [0.2, 0.25) is 0 Å². The predicted octanol–water partition coefficient (Wildman–Crippen LogP) is -1.16. The van der Waals surface area contributed by atoms with Crippen molar-refractivity contribution in [1.82, 2.24) is 10.1 Å². The van der Waals surface area contributed by atoms with Crippen LogP contribution >= 0.6 is 0 Å². The van der Waals surface area contributed by atoms with Gasteiger partial charge in [0.15, 0.2) is 0 Å². The number of hydrogen-bond acceptors (Lipinski definition) is 5. The largest absolute Gasteiger partial charge is 0.400 e. The summed E-state index contributed by atoms with van der Waals surface area (Å²) in [6, 6.07) is 0. The minimum Gasteiger partial charge on any atom is -0.400 e. The van der Waals surface area contributed by atoms with Gasteiger partial charge in [-0.1, -0.05) is 0 Å². The lowest BCUT2D eigenvalue weighted by molar-refractivity contribution is 0.0247. The second-order valence-corrected chi connectivity index (χ2v) is 2.46. The molecular weight excluding hydrogens is 144 g/mol. The van der Waals surface area contributed by atoms with Crippen LogP contribution in [0.15, 0.2) is 11.9 Å². The monoisotopic (exact) mass is 158 g/mol. The van der Waals surface area contributed by atoms with Crippen molar-refractivity contribution < 1.29 is 4.74 Å². The van der Waals surface area contributed by atoms with Crippen molar-refractivity contribution in [2.45, 2.75) is 0 Å². The lowest BCUT2D eigenvalue weighted by Gasteiger charge is -2.23. The van der Waals surface area contributed by atoms with Gasteiger partial charge in [-0.3, -0.25) is 0 Å². The van der Waals surface area contributed by atoms with Crippen LogP contribution in [0.1, 0.15) is 0 Å². The molecule has 0 atom stereocenters.